The summed E-state index contributed by atoms with van der Waals surface area (Å²) in [5, 5.41) is 11.1. The molecule has 10 nitrogen and oxygen atoms in total. The number of thiophene rings is 1. The molecule has 1 aromatic carbocycles. The van der Waals surface area contributed by atoms with E-state index in [0.29, 0.717) is 18.1 Å². The maximum atomic E-state index is 12.6. The lowest BCUT2D eigenvalue weighted by atomic mass is 10.1. The molecule has 1 N–H and O–H groups in total. The van der Waals surface area contributed by atoms with Gasteiger partial charge in [-0.05, 0) is 57.5 Å². The molecular weight excluding hydrogens is 494 g/mol. The summed E-state index contributed by atoms with van der Waals surface area (Å²) in [4.78, 5) is 37.6. The SMILES string of the molecule is CCOC(=O)c1sc(NC(=O)CSc2nnc(-c3ccc(OCC)cc3)o2)c(C(=O)OCC)c1C. The summed E-state index contributed by atoms with van der Waals surface area (Å²) in [6.45, 7) is 7.78. The predicted molar refractivity (Wildman–Crippen MR) is 131 cm³/mol. The molecule has 2 heterocycles. The first-order valence-electron chi connectivity index (χ1n) is 10.8. The molecule has 2 aromatic heterocycles. The largest absolute Gasteiger partial charge is 0.494 e. The Morgan fingerprint density at radius 3 is 2.34 bits per heavy atom. The highest BCUT2D eigenvalue weighted by Crippen LogP contribution is 2.34. The van der Waals surface area contributed by atoms with Crippen molar-refractivity contribution in [2.45, 2.75) is 32.9 Å². The average molecular weight is 520 g/mol. The molecule has 0 saturated carbocycles. The van der Waals surface area contributed by atoms with Crippen LogP contribution in [0.1, 0.15) is 46.4 Å². The molecule has 0 saturated heterocycles. The molecule has 12 heteroatoms. The minimum atomic E-state index is -0.628. The van der Waals surface area contributed by atoms with Crippen molar-refractivity contribution in [3.05, 3.63) is 40.3 Å². The number of anilines is 1. The fourth-order valence-corrected chi connectivity index (χ4v) is 4.65. The maximum Gasteiger partial charge on any atom is 0.348 e. The maximum absolute atomic E-state index is 12.6. The molecule has 0 radical (unpaired) electrons. The van der Waals surface area contributed by atoms with Crippen molar-refractivity contribution < 1.29 is 33.0 Å². The van der Waals surface area contributed by atoms with Crippen LogP contribution in [0.4, 0.5) is 5.00 Å². The minimum absolute atomic E-state index is 0.0567. The molecular formula is C23H25N3O7S2. The van der Waals surface area contributed by atoms with Gasteiger partial charge in [0, 0.05) is 5.56 Å². The number of rotatable bonds is 11. The molecule has 0 aliphatic rings. The lowest BCUT2D eigenvalue weighted by Gasteiger charge is -2.06. The van der Waals surface area contributed by atoms with Crippen LogP contribution in [0, 0.1) is 6.92 Å². The zero-order valence-electron chi connectivity index (χ0n) is 19.7. The Bertz CT molecular complexity index is 1190. The smallest absolute Gasteiger partial charge is 0.348 e. The van der Waals surface area contributed by atoms with Crippen molar-refractivity contribution in [1.29, 1.82) is 0 Å². The lowest BCUT2D eigenvalue weighted by molar-refractivity contribution is -0.113. The van der Waals surface area contributed by atoms with Crippen LogP contribution >= 0.6 is 23.1 Å². The highest BCUT2D eigenvalue weighted by atomic mass is 32.2. The van der Waals surface area contributed by atoms with E-state index in [1.807, 2.05) is 6.92 Å². The van der Waals surface area contributed by atoms with E-state index in [2.05, 4.69) is 15.5 Å². The van der Waals surface area contributed by atoms with Crippen LogP contribution in [-0.4, -0.2) is 53.6 Å². The molecule has 3 aromatic rings. The number of nitrogens with zero attached hydrogens (tertiary/aromatic N) is 2. The van der Waals surface area contributed by atoms with E-state index < -0.39 is 17.8 Å². The van der Waals surface area contributed by atoms with Gasteiger partial charge in [0.05, 0.1) is 31.1 Å². The number of amides is 1. The molecule has 0 aliphatic carbocycles. The number of nitrogens with one attached hydrogen (secondary N) is 1. The summed E-state index contributed by atoms with van der Waals surface area (Å²) < 4.78 is 21.2. The van der Waals surface area contributed by atoms with Gasteiger partial charge in [-0.15, -0.1) is 21.5 Å². The van der Waals surface area contributed by atoms with Gasteiger partial charge < -0.3 is 23.9 Å². The van der Waals surface area contributed by atoms with Crippen molar-refractivity contribution in [3.8, 4) is 17.2 Å². The van der Waals surface area contributed by atoms with Gasteiger partial charge in [0.2, 0.25) is 11.8 Å². The summed E-state index contributed by atoms with van der Waals surface area (Å²) in [7, 11) is 0. The zero-order chi connectivity index (χ0) is 25.4. The average Bonchev–Trinajstić information content (AvgIpc) is 3.43. The molecule has 3 rings (SSSR count). The predicted octanol–water partition coefficient (Wildman–Crippen LogP) is 4.59. The van der Waals surface area contributed by atoms with E-state index in [-0.39, 0.29) is 39.6 Å². The Morgan fingerprint density at radius 2 is 1.69 bits per heavy atom. The number of aromatic nitrogens is 2. The van der Waals surface area contributed by atoms with E-state index in [4.69, 9.17) is 18.6 Å². The molecule has 0 bridgehead atoms. The number of carbonyl (C=O) groups is 3. The minimum Gasteiger partial charge on any atom is -0.494 e. The van der Waals surface area contributed by atoms with Crippen molar-refractivity contribution in [3.63, 3.8) is 0 Å². The van der Waals surface area contributed by atoms with Gasteiger partial charge in [0.25, 0.3) is 5.22 Å². The Morgan fingerprint density at radius 1 is 1.00 bits per heavy atom. The second-order valence-corrected chi connectivity index (χ2v) is 8.82. The van der Waals surface area contributed by atoms with Crippen molar-refractivity contribution in [2.24, 2.45) is 0 Å². The van der Waals surface area contributed by atoms with Gasteiger partial charge in [-0.25, -0.2) is 9.59 Å². The van der Waals surface area contributed by atoms with E-state index in [0.717, 1.165) is 34.4 Å². The number of ether oxygens (including phenoxy) is 3. The number of carbonyl (C=O) groups excluding carboxylic acids is 3. The van der Waals surface area contributed by atoms with Crippen LogP contribution in [0.15, 0.2) is 33.9 Å². The van der Waals surface area contributed by atoms with Crippen LogP contribution in [0.5, 0.6) is 5.75 Å². The fraction of sp³-hybridized carbons (Fsp3) is 0.348. The molecule has 35 heavy (non-hydrogen) atoms. The van der Waals surface area contributed by atoms with E-state index in [1.54, 1.807) is 45.0 Å². The Labute approximate surface area is 210 Å². The van der Waals surface area contributed by atoms with Gasteiger partial charge in [-0.2, -0.15) is 0 Å². The van der Waals surface area contributed by atoms with E-state index in [9.17, 15) is 14.4 Å². The second-order valence-electron chi connectivity index (χ2n) is 6.87. The monoisotopic (exact) mass is 519 g/mol. The summed E-state index contributed by atoms with van der Waals surface area (Å²) in [5.41, 5.74) is 1.25. The van der Waals surface area contributed by atoms with E-state index in [1.165, 1.54) is 0 Å². The van der Waals surface area contributed by atoms with Gasteiger partial charge in [0.15, 0.2) is 0 Å². The summed E-state index contributed by atoms with van der Waals surface area (Å²) >= 11 is 2.01. The third kappa shape index (κ3) is 6.61. The summed E-state index contributed by atoms with van der Waals surface area (Å²) in [5.74, 6) is -0.621. The topological polar surface area (TPSA) is 130 Å². The standard InChI is InChI=1S/C23H25N3O7S2/c1-5-30-15-10-8-14(9-11-15)19-25-26-23(33-19)34-12-16(27)24-20-17(21(28)31-6-2)13(4)18(35-20)22(29)32-7-3/h8-11H,5-7,12H2,1-4H3,(H,24,27). The van der Waals surface area contributed by atoms with Crippen LogP contribution < -0.4 is 10.1 Å². The Kier molecular flexibility index (Phi) is 9.26. The molecule has 0 spiro atoms. The number of esters is 2. The van der Waals surface area contributed by atoms with Gasteiger partial charge in [-0.1, -0.05) is 11.8 Å². The summed E-state index contributed by atoms with van der Waals surface area (Å²) in [6, 6.07) is 7.21. The number of benzene rings is 1. The van der Waals surface area contributed by atoms with Crippen LogP contribution in [0.25, 0.3) is 11.5 Å². The first kappa shape index (κ1) is 26.2. The quantitative estimate of drug-likeness (QED) is 0.283. The van der Waals surface area contributed by atoms with Crippen molar-refractivity contribution in [1.82, 2.24) is 10.2 Å². The Hall–Kier alpha value is -3.38. The molecule has 186 valence electrons. The number of hydrogen-bond acceptors (Lipinski definition) is 11. The molecule has 0 atom stereocenters. The van der Waals surface area contributed by atoms with E-state index >= 15 is 0 Å². The molecule has 1 amide bonds. The number of thioether (sulfide) groups is 1. The summed E-state index contributed by atoms with van der Waals surface area (Å²) in [6.07, 6.45) is 0. The molecule has 0 fully saturated rings. The fourth-order valence-electron chi connectivity index (χ4n) is 2.98. The molecule has 0 unspecified atom stereocenters. The van der Waals surface area contributed by atoms with Crippen molar-refractivity contribution >= 4 is 45.9 Å². The second kappa shape index (κ2) is 12.4. The highest BCUT2D eigenvalue weighted by Gasteiger charge is 2.27. The first-order valence-corrected chi connectivity index (χ1v) is 12.6. The Balaban J connectivity index is 1.68. The van der Waals surface area contributed by atoms with Gasteiger partial charge >= 0.3 is 11.9 Å². The van der Waals surface area contributed by atoms with Gasteiger partial charge in [0.1, 0.15) is 15.6 Å². The zero-order valence-corrected chi connectivity index (χ0v) is 21.3. The normalized spacial score (nSPS) is 10.6. The van der Waals surface area contributed by atoms with Crippen LogP contribution in [-0.2, 0) is 14.3 Å². The molecule has 0 aliphatic heterocycles. The first-order chi connectivity index (χ1) is 16.9. The number of hydrogen-bond donors (Lipinski definition) is 1. The van der Waals surface area contributed by atoms with Gasteiger partial charge in [-0.3, -0.25) is 4.79 Å². The highest BCUT2D eigenvalue weighted by molar-refractivity contribution is 7.99. The lowest BCUT2D eigenvalue weighted by Crippen LogP contribution is -2.16. The third-order valence-corrected chi connectivity index (χ3v) is 6.49. The van der Waals surface area contributed by atoms with Crippen LogP contribution in [0.3, 0.4) is 0 Å². The van der Waals surface area contributed by atoms with Crippen molar-refractivity contribution in [2.75, 3.05) is 30.9 Å². The third-order valence-electron chi connectivity index (χ3n) is 4.49. The van der Waals surface area contributed by atoms with Crippen LogP contribution in [0.2, 0.25) is 0 Å².